The van der Waals surface area contributed by atoms with E-state index in [0.717, 1.165) is 16.7 Å². The average molecular weight is 437 g/mol. The highest BCUT2D eigenvalue weighted by molar-refractivity contribution is 7.92. The summed E-state index contributed by atoms with van der Waals surface area (Å²) in [5.74, 6) is -0.205. The number of hydrogen-bond donors (Lipinski definition) is 2. The summed E-state index contributed by atoms with van der Waals surface area (Å²) in [7, 11) is -3.70. The smallest absolute Gasteiger partial charge is 0.261 e. The van der Waals surface area contributed by atoms with Crippen LogP contribution in [-0.2, 0) is 10.0 Å². The number of anilines is 1. The van der Waals surface area contributed by atoms with Crippen LogP contribution in [0.15, 0.2) is 65.6 Å². The molecule has 0 aliphatic heterocycles. The van der Waals surface area contributed by atoms with Crippen LogP contribution in [0.1, 0.15) is 51.1 Å². The minimum Gasteiger partial charge on any atom is -0.346 e. The monoisotopic (exact) mass is 436 g/mol. The largest absolute Gasteiger partial charge is 0.346 e. The summed E-state index contributed by atoms with van der Waals surface area (Å²) in [5, 5.41) is 3.02. The van der Waals surface area contributed by atoms with E-state index >= 15 is 0 Å². The van der Waals surface area contributed by atoms with Crippen LogP contribution in [0.3, 0.4) is 0 Å². The van der Waals surface area contributed by atoms with Crippen molar-refractivity contribution in [3.05, 3.63) is 94.0 Å². The molecule has 162 valence electrons. The average Bonchev–Trinajstić information content (AvgIpc) is 2.69. The van der Waals surface area contributed by atoms with Gasteiger partial charge in [-0.05, 0) is 81.6 Å². The Hall–Kier alpha value is -3.12. The molecule has 1 amide bonds. The molecule has 3 rings (SSSR count). The number of carbonyl (C=O) groups is 1. The molecule has 0 fully saturated rings. The summed E-state index contributed by atoms with van der Waals surface area (Å²) in [5.41, 5.74) is 5.96. The van der Waals surface area contributed by atoms with Gasteiger partial charge in [0.1, 0.15) is 0 Å². The second-order valence-corrected chi connectivity index (χ2v) is 9.69. The number of hydrogen-bond acceptors (Lipinski definition) is 3. The van der Waals surface area contributed by atoms with Gasteiger partial charge in [-0.2, -0.15) is 0 Å². The summed E-state index contributed by atoms with van der Waals surface area (Å²) < 4.78 is 27.9. The van der Waals surface area contributed by atoms with Gasteiger partial charge in [-0.25, -0.2) is 8.42 Å². The van der Waals surface area contributed by atoms with Crippen LogP contribution in [0.25, 0.3) is 0 Å². The fraction of sp³-hybridized carbons (Fsp3) is 0.240. The molecule has 3 aromatic rings. The molecule has 0 aliphatic carbocycles. The molecular weight excluding hydrogens is 408 g/mol. The van der Waals surface area contributed by atoms with Gasteiger partial charge in [0.15, 0.2) is 0 Å². The van der Waals surface area contributed by atoms with E-state index in [9.17, 15) is 13.2 Å². The van der Waals surface area contributed by atoms with E-state index in [4.69, 9.17) is 0 Å². The number of amides is 1. The van der Waals surface area contributed by atoms with Crippen LogP contribution >= 0.6 is 0 Å². The minimum atomic E-state index is -3.70. The first-order valence-electron chi connectivity index (χ1n) is 10.1. The van der Waals surface area contributed by atoms with Crippen molar-refractivity contribution < 1.29 is 13.2 Å². The molecule has 0 bridgehead atoms. The van der Waals surface area contributed by atoms with Crippen LogP contribution in [0.2, 0.25) is 0 Å². The molecule has 0 heterocycles. The van der Waals surface area contributed by atoms with Gasteiger partial charge in [-0.1, -0.05) is 41.5 Å². The Balaban J connectivity index is 1.75. The van der Waals surface area contributed by atoms with Crippen LogP contribution in [0.5, 0.6) is 0 Å². The Morgan fingerprint density at radius 1 is 0.806 bits per heavy atom. The fourth-order valence-corrected chi connectivity index (χ4v) is 4.64. The zero-order valence-corrected chi connectivity index (χ0v) is 19.3. The molecule has 0 aliphatic rings. The van der Waals surface area contributed by atoms with Crippen molar-refractivity contribution in [3.8, 4) is 0 Å². The molecule has 6 heteroatoms. The Morgan fingerprint density at radius 3 is 2.06 bits per heavy atom. The van der Waals surface area contributed by atoms with E-state index < -0.39 is 10.0 Å². The summed E-state index contributed by atoms with van der Waals surface area (Å²) >= 11 is 0. The minimum absolute atomic E-state index is 0.145. The van der Waals surface area contributed by atoms with Crippen LogP contribution in [0, 0.1) is 27.7 Å². The predicted molar refractivity (Wildman–Crippen MR) is 125 cm³/mol. The molecule has 0 saturated carbocycles. The lowest BCUT2D eigenvalue weighted by Gasteiger charge is -2.18. The first kappa shape index (κ1) is 22.6. The highest BCUT2D eigenvalue weighted by Gasteiger charge is 2.17. The van der Waals surface area contributed by atoms with Crippen molar-refractivity contribution in [1.29, 1.82) is 0 Å². The van der Waals surface area contributed by atoms with Crippen LogP contribution in [0.4, 0.5) is 5.69 Å². The lowest BCUT2D eigenvalue weighted by atomic mass is 10.00. The van der Waals surface area contributed by atoms with Crippen molar-refractivity contribution in [2.75, 3.05) is 4.72 Å². The Labute approximate surface area is 184 Å². The van der Waals surface area contributed by atoms with Gasteiger partial charge >= 0.3 is 0 Å². The SMILES string of the molecule is Cc1ccc(S(=O)(=O)Nc2ccc(C(=O)NC(C)c3ccc(C)cc3C)cc2C)cc1. The van der Waals surface area contributed by atoms with E-state index in [2.05, 4.69) is 16.1 Å². The number of nitrogens with one attached hydrogen (secondary N) is 2. The lowest BCUT2D eigenvalue weighted by molar-refractivity contribution is 0.0939. The lowest BCUT2D eigenvalue weighted by Crippen LogP contribution is -2.27. The highest BCUT2D eigenvalue weighted by Crippen LogP contribution is 2.23. The van der Waals surface area contributed by atoms with Crippen molar-refractivity contribution in [3.63, 3.8) is 0 Å². The quantitative estimate of drug-likeness (QED) is 0.557. The Kier molecular flexibility index (Phi) is 6.51. The predicted octanol–water partition coefficient (Wildman–Crippen LogP) is 5.21. The number of sulfonamides is 1. The fourth-order valence-electron chi connectivity index (χ4n) is 3.51. The second-order valence-electron chi connectivity index (χ2n) is 8.00. The third-order valence-electron chi connectivity index (χ3n) is 5.30. The highest BCUT2D eigenvalue weighted by atomic mass is 32.2. The van der Waals surface area contributed by atoms with Gasteiger partial charge in [0.05, 0.1) is 16.6 Å². The Morgan fingerprint density at radius 2 is 1.45 bits per heavy atom. The topological polar surface area (TPSA) is 75.3 Å². The van der Waals surface area contributed by atoms with E-state index in [1.54, 1.807) is 49.4 Å². The molecule has 31 heavy (non-hydrogen) atoms. The Bertz CT molecular complexity index is 1220. The zero-order chi connectivity index (χ0) is 22.8. The van der Waals surface area contributed by atoms with E-state index in [-0.39, 0.29) is 16.8 Å². The molecule has 2 N–H and O–H groups in total. The van der Waals surface area contributed by atoms with Gasteiger partial charge in [0.2, 0.25) is 0 Å². The summed E-state index contributed by atoms with van der Waals surface area (Å²) in [6, 6.07) is 17.6. The molecule has 1 unspecified atom stereocenters. The van der Waals surface area contributed by atoms with Gasteiger partial charge in [0, 0.05) is 5.56 Å². The molecule has 5 nitrogen and oxygen atoms in total. The number of carbonyl (C=O) groups excluding carboxylic acids is 1. The number of rotatable bonds is 6. The normalized spacial score (nSPS) is 12.3. The maximum absolute atomic E-state index is 12.8. The van der Waals surface area contributed by atoms with Gasteiger partial charge in [-0.3, -0.25) is 9.52 Å². The maximum atomic E-state index is 12.8. The van der Waals surface area contributed by atoms with Crippen molar-refractivity contribution >= 4 is 21.6 Å². The first-order chi connectivity index (χ1) is 14.6. The maximum Gasteiger partial charge on any atom is 0.261 e. The third kappa shape index (κ3) is 5.33. The summed E-state index contributed by atoms with van der Waals surface area (Å²) in [6.45, 7) is 9.70. The van der Waals surface area contributed by atoms with Gasteiger partial charge < -0.3 is 5.32 Å². The molecule has 3 aromatic carbocycles. The van der Waals surface area contributed by atoms with Crippen molar-refractivity contribution in [1.82, 2.24) is 5.32 Å². The van der Waals surface area contributed by atoms with E-state index in [1.165, 1.54) is 5.56 Å². The number of aryl methyl sites for hydroxylation is 4. The molecule has 0 saturated heterocycles. The molecule has 1 atom stereocenters. The van der Waals surface area contributed by atoms with Gasteiger partial charge in [0.25, 0.3) is 15.9 Å². The van der Waals surface area contributed by atoms with Crippen molar-refractivity contribution in [2.45, 2.75) is 45.6 Å². The molecule has 0 radical (unpaired) electrons. The van der Waals surface area contributed by atoms with Crippen LogP contribution < -0.4 is 10.0 Å². The molecule has 0 spiro atoms. The van der Waals surface area contributed by atoms with Crippen molar-refractivity contribution in [2.24, 2.45) is 0 Å². The molecule has 0 aromatic heterocycles. The van der Waals surface area contributed by atoms with E-state index in [1.807, 2.05) is 39.8 Å². The number of benzene rings is 3. The standard InChI is InChI=1S/C25H28N2O3S/c1-16-6-10-22(11-7-16)31(29,30)27-24-13-9-21(15-19(24)4)25(28)26-20(5)23-12-8-17(2)14-18(23)3/h6-15,20,27H,1-5H3,(H,26,28). The summed E-state index contributed by atoms with van der Waals surface area (Å²) in [4.78, 5) is 13.0. The van der Waals surface area contributed by atoms with Gasteiger partial charge in [-0.15, -0.1) is 0 Å². The molecular formula is C25H28N2O3S. The second kappa shape index (κ2) is 8.94. The van der Waals surface area contributed by atoms with Crippen LogP contribution in [-0.4, -0.2) is 14.3 Å². The van der Waals surface area contributed by atoms with E-state index in [0.29, 0.717) is 16.8 Å². The third-order valence-corrected chi connectivity index (χ3v) is 6.69. The zero-order valence-electron chi connectivity index (χ0n) is 18.5. The summed E-state index contributed by atoms with van der Waals surface area (Å²) in [6.07, 6.45) is 0. The first-order valence-corrected chi connectivity index (χ1v) is 11.6.